The number of hydrogen-bond donors (Lipinski definition) is 2. The second-order valence-corrected chi connectivity index (χ2v) is 6.18. The Morgan fingerprint density at radius 1 is 1.28 bits per heavy atom. The highest BCUT2D eigenvalue weighted by Crippen LogP contribution is 2.24. The molecule has 0 radical (unpaired) electrons. The van der Waals surface area contributed by atoms with Crippen molar-refractivity contribution in [1.29, 1.82) is 0 Å². The first-order valence-corrected chi connectivity index (χ1v) is 8.66. The van der Waals surface area contributed by atoms with E-state index in [9.17, 15) is 13.6 Å². The summed E-state index contributed by atoms with van der Waals surface area (Å²) in [6.45, 7) is 2.31. The molecule has 0 unspecified atom stereocenters. The lowest BCUT2D eigenvalue weighted by Gasteiger charge is -2.23. The largest absolute Gasteiger partial charge is 0.470 e. The van der Waals surface area contributed by atoms with Gasteiger partial charge in [0.25, 0.3) is 6.43 Å². The van der Waals surface area contributed by atoms with Gasteiger partial charge >= 0.3 is 6.09 Å². The van der Waals surface area contributed by atoms with Crippen molar-refractivity contribution in [3.8, 4) is 5.88 Å². The van der Waals surface area contributed by atoms with E-state index in [4.69, 9.17) is 21.1 Å². The van der Waals surface area contributed by atoms with Crippen LogP contribution in [0.1, 0.15) is 18.9 Å². The van der Waals surface area contributed by atoms with Gasteiger partial charge in [-0.3, -0.25) is 9.91 Å². The minimum Gasteiger partial charge on any atom is -0.470 e. The molecule has 1 fully saturated rings. The van der Waals surface area contributed by atoms with Crippen LogP contribution in [0.25, 0.3) is 0 Å². The van der Waals surface area contributed by atoms with Crippen LogP contribution in [0.3, 0.4) is 0 Å². The first-order chi connectivity index (χ1) is 13.9. The van der Waals surface area contributed by atoms with Crippen molar-refractivity contribution < 1.29 is 23.0 Å². The Hall–Kier alpha value is -3.47. The molecule has 0 atom stereocenters. The predicted octanol–water partition coefficient (Wildman–Crippen LogP) is 2.32. The number of nitrogens with two attached hydrogens (primary N) is 2. The number of benzene rings is 1. The van der Waals surface area contributed by atoms with Gasteiger partial charge in [0.05, 0.1) is 17.9 Å². The van der Waals surface area contributed by atoms with Crippen molar-refractivity contribution in [2.45, 2.75) is 13.3 Å². The van der Waals surface area contributed by atoms with Crippen molar-refractivity contribution in [2.75, 3.05) is 29.7 Å². The fraction of sp³-hybridized carbons (Fsp3) is 0.278. The van der Waals surface area contributed by atoms with Crippen molar-refractivity contribution >= 4 is 17.6 Å². The third-order valence-electron chi connectivity index (χ3n) is 4.19. The second-order valence-electron chi connectivity index (χ2n) is 6.18. The van der Waals surface area contributed by atoms with Crippen molar-refractivity contribution in [1.82, 2.24) is 10.2 Å². The topological polar surface area (TPSA) is 120 Å². The van der Waals surface area contributed by atoms with Gasteiger partial charge in [-0.1, -0.05) is 12.1 Å². The van der Waals surface area contributed by atoms with Gasteiger partial charge in [-0.05, 0) is 25.1 Å². The minimum absolute atomic E-state index is 0.0325. The number of anilines is 2. The van der Waals surface area contributed by atoms with E-state index in [1.807, 2.05) is 0 Å². The molecule has 154 valence electrons. The maximum atomic E-state index is 12.7. The average molecular weight is 406 g/mol. The molecule has 1 aromatic carbocycles. The molecule has 2 aromatic rings. The van der Waals surface area contributed by atoms with Gasteiger partial charge in [-0.2, -0.15) is 0 Å². The first kappa shape index (κ1) is 20.3. The number of halogens is 2. The van der Waals surface area contributed by atoms with E-state index in [1.54, 1.807) is 19.1 Å². The quantitative estimate of drug-likeness (QED) is 0.531. The molecule has 0 aliphatic carbocycles. The number of allylic oxidation sites excluding steroid dienone is 1. The van der Waals surface area contributed by atoms with E-state index in [0.717, 1.165) is 0 Å². The third-order valence-corrected chi connectivity index (χ3v) is 4.19. The fourth-order valence-electron chi connectivity index (χ4n) is 2.59. The zero-order valence-electron chi connectivity index (χ0n) is 15.6. The molecule has 0 bridgehead atoms. The monoisotopic (exact) mass is 406 g/mol. The molecule has 1 aromatic heterocycles. The van der Waals surface area contributed by atoms with Gasteiger partial charge in [-0.25, -0.2) is 19.4 Å². The van der Waals surface area contributed by atoms with Crippen LogP contribution in [-0.2, 0) is 4.74 Å². The van der Waals surface area contributed by atoms with E-state index in [1.165, 1.54) is 34.2 Å². The zero-order valence-corrected chi connectivity index (χ0v) is 15.6. The molecule has 1 saturated heterocycles. The number of hydrazine groups is 1. The highest BCUT2D eigenvalue weighted by Gasteiger charge is 2.25. The van der Waals surface area contributed by atoms with Crippen LogP contribution < -0.4 is 26.2 Å². The summed E-state index contributed by atoms with van der Waals surface area (Å²) in [4.78, 5) is 12.9. The van der Waals surface area contributed by atoms with E-state index >= 15 is 0 Å². The number of nitrogens with zero attached hydrogens (tertiary/aromatic N) is 4. The van der Waals surface area contributed by atoms with Gasteiger partial charge < -0.3 is 15.2 Å². The molecule has 29 heavy (non-hydrogen) atoms. The lowest BCUT2D eigenvalue weighted by atomic mass is 10.2. The lowest BCUT2D eigenvalue weighted by molar-refractivity contribution is 0.151. The highest BCUT2D eigenvalue weighted by atomic mass is 19.3. The first-order valence-electron chi connectivity index (χ1n) is 8.66. The van der Waals surface area contributed by atoms with Gasteiger partial charge in [0.2, 0.25) is 5.88 Å². The highest BCUT2D eigenvalue weighted by molar-refractivity contribution is 5.87. The Labute approximate surface area is 165 Å². The normalized spacial score (nSPS) is 14.7. The van der Waals surface area contributed by atoms with Gasteiger partial charge in [0.15, 0.2) is 5.82 Å². The van der Waals surface area contributed by atoms with Crippen molar-refractivity contribution in [3.05, 3.63) is 53.4 Å². The van der Waals surface area contributed by atoms with Crippen LogP contribution in [0.5, 0.6) is 5.88 Å². The van der Waals surface area contributed by atoms with Gasteiger partial charge in [-0.15, -0.1) is 10.2 Å². The molecule has 2 heterocycles. The van der Waals surface area contributed by atoms with E-state index in [0.29, 0.717) is 36.1 Å². The summed E-state index contributed by atoms with van der Waals surface area (Å²) in [5.41, 5.74) is 7.07. The van der Waals surface area contributed by atoms with Crippen LogP contribution in [0, 0.1) is 0 Å². The molecule has 1 amide bonds. The summed E-state index contributed by atoms with van der Waals surface area (Å²) >= 11 is 0. The average Bonchev–Trinajstić information content (AvgIpc) is 3.14. The Morgan fingerprint density at radius 3 is 2.52 bits per heavy atom. The van der Waals surface area contributed by atoms with E-state index < -0.39 is 12.5 Å². The molecule has 3 rings (SSSR count). The molecular formula is C18H20F2N6O3. The summed E-state index contributed by atoms with van der Waals surface area (Å²) in [6, 6.07) is 8.64. The lowest BCUT2D eigenvalue weighted by Crippen LogP contribution is -2.35. The number of rotatable bonds is 7. The van der Waals surface area contributed by atoms with E-state index in [2.05, 4.69) is 10.2 Å². The molecule has 0 saturated carbocycles. The van der Waals surface area contributed by atoms with Crippen LogP contribution in [0.2, 0.25) is 0 Å². The number of carbonyl (C=O) groups is 1. The summed E-state index contributed by atoms with van der Waals surface area (Å²) in [5, 5.41) is 9.13. The molecule has 1 aliphatic rings. The van der Waals surface area contributed by atoms with Crippen LogP contribution in [0.4, 0.5) is 25.1 Å². The fourth-order valence-corrected chi connectivity index (χ4v) is 2.59. The summed E-state index contributed by atoms with van der Waals surface area (Å²) < 4.78 is 35.9. The molecular weight excluding hydrogens is 386 g/mol. The van der Waals surface area contributed by atoms with Crippen LogP contribution >= 0.6 is 0 Å². The standard InChI is InChI=1S/C18H20F2N6O3/c1-11(21)14(26(22)13-4-2-12(3-5-13)17(19)20)10-29-16-7-6-15(23-24-16)25-8-9-28-18(25)27/h2-7,17H,8-10,21-22H2,1H3/b14-11-. The zero-order chi connectivity index (χ0) is 21.0. The van der Waals surface area contributed by atoms with Crippen LogP contribution in [-0.4, -0.2) is 36.0 Å². The number of cyclic esters (lactones) is 1. The Balaban J connectivity index is 1.66. The van der Waals surface area contributed by atoms with Crippen molar-refractivity contribution in [2.24, 2.45) is 11.6 Å². The molecule has 9 nitrogen and oxygen atoms in total. The Morgan fingerprint density at radius 2 is 2.00 bits per heavy atom. The second kappa shape index (κ2) is 8.69. The molecule has 11 heteroatoms. The third kappa shape index (κ3) is 4.69. The predicted molar refractivity (Wildman–Crippen MR) is 101 cm³/mol. The number of ether oxygens (including phenoxy) is 2. The number of aromatic nitrogens is 2. The summed E-state index contributed by atoms with van der Waals surface area (Å²) in [6.07, 6.45) is -3.04. The van der Waals surface area contributed by atoms with E-state index in [-0.39, 0.29) is 18.1 Å². The molecule has 0 spiro atoms. The Kier molecular flexibility index (Phi) is 6.07. The maximum absolute atomic E-state index is 12.7. The Bertz CT molecular complexity index is 885. The molecule has 4 N–H and O–H groups in total. The van der Waals surface area contributed by atoms with Crippen molar-refractivity contribution in [3.63, 3.8) is 0 Å². The molecule has 1 aliphatic heterocycles. The summed E-state index contributed by atoms with van der Waals surface area (Å²) in [5.74, 6) is 6.63. The van der Waals surface area contributed by atoms with Gasteiger partial charge in [0.1, 0.15) is 13.2 Å². The number of amides is 1. The smallest absolute Gasteiger partial charge is 0.415 e. The van der Waals surface area contributed by atoms with Gasteiger partial charge in [0, 0.05) is 17.3 Å². The number of hydrogen-bond acceptors (Lipinski definition) is 8. The SMILES string of the molecule is C/C(N)=C(\COc1ccc(N2CCOC2=O)nn1)N(N)c1ccc(C(F)F)cc1. The number of carbonyl (C=O) groups excluding carboxylic acids is 1. The number of alkyl halides is 2. The summed E-state index contributed by atoms with van der Waals surface area (Å²) in [7, 11) is 0. The van der Waals surface area contributed by atoms with Crippen LogP contribution in [0.15, 0.2) is 47.8 Å². The maximum Gasteiger partial charge on any atom is 0.415 e. The minimum atomic E-state index is -2.56.